The van der Waals surface area contributed by atoms with E-state index < -0.39 is 0 Å². The van der Waals surface area contributed by atoms with Gasteiger partial charge in [-0.2, -0.15) is 0 Å². The molecule has 0 saturated heterocycles. The summed E-state index contributed by atoms with van der Waals surface area (Å²) in [6, 6.07) is 8.18. The first-order chi connectivity index (χ1) is 20.5. The molecule has 2 atom stereocenters. The van der Waals surface area contributed by atoms with Crippen molar-refractivity contribution in [2.45, 2.75) is 112 Å². The number of rotatable bonds is 7. The van der Waals surface area contributed by atoms with Crippen LogP contribution in [0.3, 0.4) is 0 Å². The number of nitrogens with one attached hydrogen (secondary N) is 1. The molecule has 5 heteroatoms. The van der Waals surface area contributed by atoms with Crippen molar-refractivity contribution in [3.05, 3.63) is 69.8 Å². The summed E-state index contributed by atoms with van der Waals surface area (Å²) < 4.78 is 0. The Balaban J connectivity index is 0.000000173. The van der Waals surface area contributed by atoms with E-state index in [4.69, 9.17) is 5.73 Å². The Morgan fingerprint density at radius 3 is 1.77 bits per heavy atom. The number of nitrogens with two attached hydrogens (primary N) is 1. The fraction of sp³-hybridized carbons (Fsp3) is 0.500. The molecule has 4 aliphatic carbocycles. The van der Waals surface area contributed by atoms with Crippen LogP contribution in [0.2, 0.25) is 0 Å². The number of carbonyl (C=O) groups is 3. The number of amides is 1. The van der Waals surface area contributed by atoms with Gasteiger partial charge in [0.15, 0.2) is 11.6 Å². The van der Waals surface area contributed by atoms with Gasteiger partial charge in [-0.05, 0) is 121 Å². The molecule has 0 radical (unpaired) electrons. The Morgan fingerprint density at radius 2 is 1.28 bits per heavy atom. The molecule has 0 fully saturated rings. The lowest BCUT2D eigenvalue weighted by molar-refractivity contribution is -0.116. The van der Waals surface area contributed by atoms with Crippen LogP contribution in [0.25, 0.3) is 11.1 Å². The van der Waals surface area contributed by atoms with Crippen molar-refractivity contribution in [1.82, 2.24) is 0 Å². The highest BCUT2D eigenvalue weighted by atomic mass is 16.1. The number of anilines is 2. The maximum absolute atomic E-state index is 12.0. The minimum Gasteiger partial charge on any atom is -0.399 e. The molecule has 0 aromatic heterocycles. The maximum atomic E-state index is 12.0. The number of hydrogen-bond donors (Lipinski definition) is 2. The third kappa shape index (κ3) is 5.75. The number of nitrogen functional groups attached to an aromatic ring is 1. The van der Waals surface area contributed by atoms with Gasteiger partial charge in [0, 0.05) is 42.0 Å². The Bertz CT molecular complexity index is 1530. The molecule has 2 aromatic carbocycles. The van der Waals surface area contributed by atoms with Crippen LogP contribution in [0.5, 0.6) is 0 Å². The van der Waals surface area contributed by atoms with Gasteiger partial charge >= 0.3 is 0 Å². The van der Waals surface area contributed by atoms with Crippen LogP contribution in [-0.2, 0) is 27.2 Å². The van der Waals surface area contributed by atoms with Gasteiger partial charge in [-0.15, -0.1) is 0 Å². The lowest BCUT2D eigenvalue weighted by Crippen LogP contribution is -2.25. The van der Waals surface area contributed by atoms with Crippen molar-refractivity contribution < 1.29 is 14.4 Å². The van der Waals surface area contributed by atoms with E-state index in [2.05, 4.69) is 45.1 Å². The predicted molar refractivity (Wildman–Crippen MR) is 177 cm³/mol. The first-order valence-electron chi connectivity index (χ1n) is 16.3. The van der Waals surface area contributed by atoms with E-state index in [0.29, 0.717) is 12.8 Å². The van der Waals surface area contributed by atoms with E-state index in [1.165, 1.54) is 78.0 Å². The van der Waals surface area contributed by atoms with Crippen molar-refractivity contribution in [3.63, 3.8) is 0 Å². The van der Waals surface area contributed by atoms with Gasteiger partial charge in [0.1, 0.15) is 0 Å². The smallest absolute Gasteiger partial charge is 0.221 e. The second-order valence-electron chi connectivity index (χ2n) is 13.4. The number of hydrogen-bond acceptors (Lipinski definition) is 4. The molecule has 0 heterocycles. The molecule has 1 amide bonds. The minimum absolute atomic E-state index is 0.0430. The molecule has 228 valence electrons. The monoisotopic (exact) mass is 580 g/mol. The first kappa shape index (κ1) is 31.0. The van der Waals surface area contributed by atoms with Crippen LogP contribution in [0.1, 0.15) is 118 Å². The fourth-order valence-electron chi connectivity index (χ4n) is 8.08. The topological polar surface area (TPSA) is 89.3 Å². The molecule has 0 bridgehead atoms. The zero-order valence-corrected chi connectivity index (χ0v) is 26.8. The van der Waals surface area contributed by atoms with E-state index in [1.807, 2.05) is 24.3 Å². The second-order valence-corrected chi connectivity index (χ2v) is 13.4. The van der Waals surface area contributed by atoms with Gasteiger partial charge in [0.25, 0.3) is 0 Å². The minimum atomic E-state index is -0.0430. The van der Waals surface area contributed by atoms with Crippen LogP contribution < -0.4 is 11.1 Å². The predicted octanol–water partition coefficient (Wildman–Crippen LogP) is 8.49. The zero-order valence-electron chi connectivity index (χ0n) is 26.8. The summed E-state index contributed by atoms with van der Waals surface area (Å²) in [5, 5.41) is 2.92. The van der Waals surface area contributed by atoms with Crippen LogP contribution in [0.15, 0.2) is 36.4 Å². The lowest BCUT2D eigenvalue weighted by atomic mass is 9.69. The molecule has 3 N–H and O–H groups in total. The number of ketones is 2. The molecule has 6 rings (SSSR count). The Labute approximate surface area is 257 Å². The van der Waals surface area contributed by atoms with Crippen LogP contribution in [-0.4, -0.2) is 17.5 Å². The molecule has 2 aromatic rings. The summed E-state index contributed by atoms with van der Waals surface area (Å²) in [6.45, 7) is 10.2. The number of fused-ring (bicyclic) bond motifs is 6. The summed E-state index contributed by atoms with van der Waals surface area (Å²) in [4.78, 5) is 35.3. The van der Waals surface area contributed by atoms with E-state index in [1.54, 1.807) is 0 Å². The third-order valence-electron chi connectivity index (χ3n) is 10.6. The summed E-state index contributed by atoms with van der Waals surface area (Å²) in [5.74, 6) is 0.497. The Kier molecular flexibility index (Phi) is 8.83. The van der Waals surface area contributed by atoms with Crippen molar-refractivity contribution in [2.75, 3.05) is 11.1 Å². The Morgan fingerprint density at radius 1 is 0.791 bits per heavy atom. The largest absolute Gasteiger partial charge is 0.399 e. The second kappa shape index (κ2) is 12.3. The SMILES string of the molecule is CCCCC12CCC(=O)C=C1c1ccc(N)c(C)c1C2.CCCCC12CCC(=O)C=C1c1ccc(NC(C)=O)c(C)c1C2. The van der Waals surface area contributed by atoms with Crippen LogP contribution >= 0.6 is 0 Å². The number of unbranched alkanes of at least 4 members (excludes halogenated alkanes) is 2. The van der Waals surface area contributed by atoms with Crippen molar-refractivity contribution in [2.24, 2.45) is 10.8 Å². The van der Waals surface area contributed by atoms with E-state index in [-0.39, 0.29) is 28.3 Å². The quantitative estimate of drug-likeness (QED) is 0.321. The molecular weight excluding hydrogens is 532 g/mol. The average Bonchev–Trinajstić information content (AvgIpc) is 3.48. The van der Waals surface area contributed by atoms with Gasteiger partial charge in [0.05, 0.1) is 0 Å². The van der Waals surface area contributed by atoms with Crippen molar-refractivity contribution in [3.8, 4) is 0 Å². The standard InChI is InChI=1S/C20H25NO2.C18H23NO/c1-4-5-9-20-10-8-15(23)11-18(20)16-6-7-19(21-14(3)22)13(2)17(16)12-20;1-3-4-8-18-9-7-13(20)10-16(18)14-5-6-17(19)12(2)15(14)11-18/h6-7,11H,4-5,8-10,12H2,1-3H3,(H,21,22);5-6,10H,3-4,7-9,11,19H2,1-2H3. The molecule has 2 unspecified atom stereocenters. The number of allylic oxidation sites excluding steroid dienone is 4. The van der Waals surface area contributed by atoms with Gasteiger partial charge < -0.3 is 11.1 Å². The first-order valence-corrected chi connectivity index (χ1v) is 16.3. The molecule has 4 aliphatic rings. The highest BCUT2D eigenvalue weighted by molar-refractivity contribution is 6.02. The van der Waals surface area contributed by atoms with Crippen LogP contribution in [0, 0.1) is 24.7 Å². The summed E-state index contributed by atoms with van der Waals surface area (Å²) in [7, 11) is 0. The summed E-state index contributed by atoms with van der Waals surface area (Å²) in [6.07, 6.45) is 16.4. The molecule has 0 aliphatic heterocycles. The van der Waals surface area contributed by atoms with Gasteiger partial charge in [-0.25, -0.2) is 0 Å². The van der Waals surface area contributed by atoms with Gasteiger partial charge in [-0.3, -0.25) is 14.4 Å². The fourth-order valence-corrected chi connectivity index (χ4v) is 8.08. The molecular formula is C38H48N2O3. The van der Waals surface area contributed by atoms with Crippen molar-refractivity contribution >= 4 is 40.0 Å². The van der Waals surface area contributed by atoms with Crippen LogP contribution in [0.4, 0.5) is 11.4 Å². The normalized spacial score (nSPS) is 23.3. The van der Waals surface area contributed by atoms with E-state index >= 15 is 0 Å². The van der Waals surface area contributed by atoms with E-state index in [0.717, 1.165) is 49.0 Å². The number of carbonyl (C=O) groups excluding carboxylic acids is 3. The highest BCUT2D eigenvalue weighted by Crippen LogP contribution is 2.57. The maximum Gasteiger partial charge on any atom is 0.221 e. The average molecular weight is 581 g/mol. The zero-order chi connectivity index (χ0) is 30.9. The van der Waals surface area contributed by atoms with Crippen molar-refractivity contribution in [1.29, 1.82) is 0 Å². The van der Waals surface area contributed by atoms with E-state index in [9.17, 15) is 14.4 Å². The third-order valence-corrected chi connectivity index (χ3v) is 10.6. The molecule has 0 spiro atoms. The summed E-state index contributed by atoms with van der Waals surface area (Å²) >= 11 is 0. The van der Waals surface area contributed by atoms with Gasteiger partial charge in [0.2, 0.25) is 5.91 Å². The summed E-state index contributed by atoms with van der Waals surface area (Å²) in [5.41, 5.74) is 18.3. The number of benzene rings is 2. The van der Waals surface area contributed by atoms with Gasteiger partial charge in [-0.1, -0.05) is 51.7 Å². The molecule has 5 nitrogen and oxygen atoms in total. The highest BCUT2D eigenvalue weighted by Gasteiger charge is 2.45. The molecule has 0 saturated carbocycles. The molecule has 43 heavy (non-hydrogen) atoms. The Hall–Kier alpha value is -3.47. The lowest BCUT2D eigenvalue weighted by Gasteiger charge is -2.34.